The van der Waals surface area contributed by atoms with E-state index in [0.29, 0.717) is 10.8 Å². The van der Waals surface area contributed by atoms with Gasteiger partial charge in [-0.3, -0.25) is 0 Å². The summed E-state index contributed by atoms with van der Waals surface area (Å²) < 4.78 is 0. The topological polar surface area (TPSA) is 0 Å². The van der Waals surface area contributed by atoms with Gasteiger partial charge in [0.15, 0.2) is 0 Å². The summed E-state index contributed by atoms with van der Waals surface area (Å²) in [5.41, 5.74) is 2.85. The van der Waals surface area contributed by atoms with Crippen LogP contribution in [0.4, 0.5) is 0 Å². The van der Waals surface area contributed by atoms with E-state index in [0.717, 1.165) is 11.8 Å². The maximum atomic E-state index is 2.54. The molecule has 0 amide bonds. The fourth-order valence-electron chi connectivity index (χ4n) is 4.23. The highest BCUT2D eigenvalue weighted by Gasteiger charge is 2.53. The third-order valence-electron chi connectivity index (χ3n) is 5.40. The van der Waals surface area contributed by atoms with E-state index in [-0.39, 0.29) is 0 Å². The molecule has 0 heteroatoms. The highest BCUT2D eigenvalue weighted by Crippen LogP contribution is 2.63. The molecule has 0 nitrogen and oxygen atoms in total. The zero-order valence-electron chi connectivity index (χ0n) is 11.1. The predicted molar refractivity (Wildman–Crippen MR) is 66.8 cm³/mol. The van der Waals surface area contributed by atoms with Gasteiger partial charge in [0.25, 0.3) is 0 Å². The smallest absolute Gasteiger partial charge is 0.0149 e. The summed E-state index contributed by atoms with van der Waals surface area (Å²) >= 11 is 0. The minimum atomic E-state index is 0.542. The van der Waals surface area contributed by atoms with E-state index in [4.69, 9.17) is 0 Å². The Bertz CT molecular complexity index is 284. The maximum absolute atomic E-state index is 2.54. The van der Waals surface area contributed by atoms with Crippen LogP contribution in [0.15, 0.2) is 11.6 Å². The van der Waals surface area contributed by atoms with Crippen LogP contribution in [0.5, 0.6) is 0 Å². The first-order chi connectivity index (χ1) is 6.91. The van der Waals surface area contributed by atoms with Gasteiger partial charge in [0, 0.05) is 0 Å². The summed E-state index contributed by atoms with van der Waals surface area (Å²) in [5.74, 6) is 1.76. The Morgan fingerprint density at radius 3 is 2.73 bits per heavy atom. The molecule has 2 rings (SSSR count). The standard InChI is InChI=1S/C15H26/c1-6-12(3)15-8-7-11(2)13(9-15)14(4,5)10-15/h7,12-13H,6,8-10H2,1-5H3. The molecular formula is C15H26. The van der Waals surface area contributed by atoms with Crippen LogP contribution >= 0.6 is 0 Å². The van der Waals surface area contributed by atoms with Crippen LogP contribution in [0.2, 0.25) is 0 Å². The van der Waals surface area contributed by atoms with Crippen molar-refractivity contribution >= 4 is 0 Å². The summed E-state index contributed by atoms with van der Waals surface area (Å²) in [6, 6.07) is 0. The largest absolute Gasteiger partial charge is 0.0847 e. The molecule has 2 aliphatic rings. The molecule has 1 saturated carbocycles. The Kier molecular flexibility index (Phi) is 2.52. The van der Waals surface area contributed by atoms with Gasteiger partial charge in [0.2, 0.25) is 0 Å². The van der Waals surface area contributed by atoms with Gasteiger partial charge < -0.3 is 0 Å². The molecule has 0 N–H and O–H groups in total. The molecule has 0 aromatic carbocycles. The minimum absolute atomic E-state index is 0.542. The maximum Gasteiger partial charge on any atom is -0.0149 e. The average molecular weight is 206 g/mol. The number of fused-ring (bicyclic) bond motifs is 2. The van der Waals surface area contributed by atoms with Gasteiger partial charge in [-0.15, -0.1) is 0 Å². The van der Waals surface area contributed by atoms with Crippen molar-refractivity contribution in [3.63, 3.8) is 0 Å². The second kappa shape index (κ2) is 3.37. The molecule has 0 aromatic heterocycles. The molecule has 0 saturated heterocycles. The molecule has 0 heterocycles. The second-order valence-electron chi connectivity index (χ2n) is 6.75. The van der Waals surface area contributed by atoms with Gasteiger partial charge in [-0.05, 0) is 48.9 Å². The molecule has 15 heavy (non-hydrogen) atoms. The molecule has 3 unspecified atom stereocenters. The molecule has 0 spiro atoms. The third kappa shape index (κ3) is 1.57. The Morgan fingerprint density at radius 2 is 2.13 bits per heavy atom. The lowest BCUT2D eigenvalue weighted by molar-refractivity contribution is 0.156. The lowest BCUT2D eigenvalue weighted by atomic mass is 9.68. The van der Waals surface area contributed by atoms with Gasteiger partial charge in [-0.1, -0.05) is 45.8 Å². The zero-order chi connectivity index (χ0) is 11.3. The van der Waals surface area contributed by atoms with Crippen LogP contribution in [0.3, 0.4) is 0 Å². The predicted octanol–water partition coefficient (Wildman–Crippen LogP) is 4.81. The van der Waals surface area contributed by atoms with E-state index in [1.165, 1.54) is 25.7 Å². The Labute approximate surface area is 95.1 Å². The summed E-state index contributed by atoms with van der Waals surface area (Å²) in [6.07, 6.45) is 8.11. The Morgan fingerprint density at radius 1 is 1.47 bits per heavy atom. The first kappa shape index (κ1) is 11.2. The monoisotopic (exact) mass is 206 g/mol. The Hall–Kier alpha value is -0.260. The van der Waals surface area contributed by atoms with Gasteiger partial charge in [0.1, 0.15) is 0 Å². The van der Waals surface area contributed by atoms with Crippen LogP contribution in [-0.4, -0.2) is 0 Å². The highest BCUT2D eigenvalue weighted by molar-refractivity contribution is 5.21. The van der Waals surface area contributed by atoms with Gasteiger partial charge in [0.05, 0.1) is 0 Å². The first-order valence-corrected chi connectivity index (χ1v) is 6.58. The van der Waals surface area contributed by atoms with Crippen LogP contribution < -0.4 is 0 Å². The molecular weight excluding hydrogens is 180 g/mol. The fourth-order valence-corrected chi connectivity index (χ4v) is 4.23. The molecule has 0 radical (unpaired) electrons. The Balaban J connectivity index is 2.33. The minimum Gasteiger partial charge on any atom is -0.0847 e. The number of rotatable bonds is 2. The van der Waals surface area contributed by atoms with E-state index < -0.39 is 0 Å². The van der Waals surface area contributed by atoms with E-state index in [2.05, 4.69) is 40.7 Å². The summed E-state index contributed by atoms with van der Waals surface area (Å²) in [7, 11) is 0. The molecule has 0 aliphatic heterocycles. The number of hydrogen-bond acceptors (Lipinski definition) is 0. The van der Waals surface area contributed by atoms with E-state index in [1.807, 2.05) is 0 Å². The van der Waals surface area contributed by atoms with Crippen molar-refractivity contribution in [1.82, 2.24) is 0 Å². The normalized spacial score (nSPS) is 40.1. The van der Waals surface area contributed by atoms with Gasteiger partial charge in [-0.25, -0.2) is 0 Å². The van der Waals surface area contributed by atoms with Crippen molar-refractivity contribution in [1.29, 1.82) is 0 Å². The fraction of sp³-hybridized carbons (Fsp3) is 0.867. The van der Waals surface area contributed by atoms with Gasteiger partial charge >= 0.3 is 0 Å². The summed E-state index contributed by atoms with van der Waals surface area (Å²) in [4.78, 5) is 0. The van der Waals surface area contributed by atoms with Crippen LogP contribution in [0.1, 0.15) is 60.3 Å². The molecule has 2 bridgehead atoms. The van der Waals surface area contributed by atoms with E-state index in [9.17, 15) is 0 Å². The molecule has 2 aliphatic carbocycles. The zero-order valence-corrected chi connectivity index (χ0v) is 11.1. The highest BCUT2D eigenvalue weighted by atomic mass is 14.6. The van der Waals surface area contributed by atoms with Crippen molar-refractivity contribution in [2.24, 2.45) is 22.7 Å². The van der Waals surface area contributed by atoms with Gasteiger partial charge in [-0.2, -0.15) is 0 Å². The summed E-state index contributed by atoms with van der Waals surface area (Å²) in [6.45, 7) is 12.1. The van der Waals surface area contributed by atoms with Crippen molar-refractivity contribution in [3.05, 3.63) is 11.6 Å². The molecule has 86 valence electrons. The molecule has 0 aromatic rings. The first-order valence-electron chi connectivity index (χ1n) is 6.58. The van der Waals surface area contributed by atoms with Crippen LogP contribution in [0, 0.1) is 22.7 Å². The van der Waals surface area contributed by atoms with Crippen LogP contribution in [0.25, 0.3) is 0 Å². The van der Waals surface area contributed by atoms with Crippen molar-refractivity contribution in [3.8, 4) is 0 Å². The van der Waals surface area contributed by atoms with Crippen molar-refractivity contribution in [2.45, 2.75) is 60.3 Å². The van der Waals surface area contributed by atoms with E-state index in [1.54, 1.807) is 5.57 Å². The number of allylic oxidation sites excluding steroid dienone is 2. The lowest BCUT2D eigenvalue weighted by Crippen LogP contribution is -2.27. The van der Waals surface area contributed by atoms with E-state index >= 15 is 0 Å². The summed E-state index contributed by atoms with van der Waals surface area (Å²) in [5, 5.41) is 0. The second-order valence-corrected chi connectivity index (χ2v) is 6.75. The average Bonchev–Trinajstić information content (AvgIpc) is 2.42. The third-order valence-corrected chi connectivity index (χ3v) is 5.40. The van der Waals surface area contributed by atoms with Crippen LogP contribution in [-0.2, 0) is 0 Å². The molecule has 3 atom stereocenters. The SMILES string of the molecule is CCC(C)C12CC=C(C)C(C1)C(C)(C)C2. The molecule has 1 fully saturated rings. The quantitative estimate of drug-likeness (QED) is 0.569. The van der Waals surface area contributed by atoms with Crippen molar-refractivity contribution in [2.75, 3.05) is 0 Å². The lowest BCUT2D eigenvalue weighted by Gasteiger charge is -2.37. The van der Waals surface area contributed by atoms with Crippen molar-refractivity contribution < 1.29 is 0 Å². The number of hydrogen-bond donors (Lipinski definition) is 0.